The van der Waals surface area contributed by atoms with E-state index in [9.17, 15) is 22.8 Å². The Hall–Kier alpha value is -2.46. The highest BCUT2D eigenvalue weighted by Gasteiger charge is 2.29. The van der Waals surface area contributed by atoms with E-state index >= 15 is 0 Å². The molecule has 0 aromatic heterocycles. The molecule has 1 aromatic rings. The Morgan fingerprint density at radius 1 is 0.935 bits per heavy atom. The van der Waals surface area contributed by atoms with Gasteiger partial charge in [-0.2, -0.15) is 4.31 Å². The summed E-state index contributed by atoms with van der Waals surface area (Å²) >= 11 is 0. The molecule has 1 saturated carbocycles. The number of hydrogen-bond donors (Lipinski definition) is 2. The van der Waals surface area contributed by atoms with Crippen LogP contribution in [0.4, 0.5) is 0 Å². The van der Waals surface area contributed by atoms with Crippen LogP contribution in [0, 0.1) is 5.92 Å². The number of benzene rings is 1. The standard InChI is InChI=1S/C21H30N4O5S/c1-16(26)24-12-14-25(15-13-24)31(29,30)19-8-6-18(7-9-19)21(28)23-11-10-22-20(27)17-4-2-3-5-17/h6-9,17H,2-5,10-15H2,1H3,(H,22,27)(H,23,28). The van der Waals surface area contributed by atoms with Gasteiger partial charge in [0.1, 0.15) is 0 Å². The number of sulfonamides is 1. The van der Waals surface area contributed by atoms with E-state index in [0.717, 1.165) is 25.7 Å². The molecule has 170 valence electrons. The van der Waals surface area contributed by atoms with Gasteiger partial charge in [0.05, 0.1) is 4.90 Å². The molecule has 1 aliphatic heterocycles. The molecule has 0 spiro atoms. The molecule has 0 unspecified atom stereocenters. The second-order valence-electron chi connectivity index (χ2n) is 7.96. The van der Waals surface area contributed by atoms with Crippen molar-refractivity contribution in [2.75, 3.05) is 39.3 Å². The molecule has 9 nitrogen and oxygen atoms in total. The number of hydrogen-bond acceptors (Lipinski definition) is 5. The first kappa shape index (κ1) is 23.2. The monoisotopic (exact) mass is 450 g/mol. The molecule has 2 aliphatic rings. The van der Waals surface area contributed by atoms with Crippen LogP contribution in [0.1, 0.15) is 43.0 Å². The second kappa shape index (κ2) is 10.2. The molecule has 1 saturated heterocycles. The average molecular weight is 451 g/mol. The van der Waals surface area contributed by atoms with Crippen LogP contribution in [-0.2, 0) is 19.6 Å². The van der Waals surface area contributed by atoms with Crippen LogP contribution in [0.3, 0.4) is 0 Å². The van der Waals surface area contributed by atoms with E-state index in [1.54, 1.807) is 4.90 Å². The Balaban J connectivity index is 1.48. The summed E-state index contributed by atoms with van der Waals surface area (Å²) in [5.41, 5.74) is 0.350. The molecule has 31 heavy (non-hydrogen) atoms. The van der Waals surface area contributed by atoms with Gasteiger partial charge in [-0.15, -0.1) is 0 Å². The van der Waals surface area contributed by atoms with E-state index in [1.165, 1.54) is 35.5 Å². The van der Waals surface area contributed by atoms with Crippen LogP contribution in [-0.4, -0.2) is 74.6 Å². The van der Waals surface area contributed by atoms with Crippen molar-refractivity contribution in [1.82, 2.24) is 19.8 Å². The highest BCUT2D eigenvalue weighted by Crippen LogP contribution is 2.24. The van der Waals surface area contributed by atoms with Gasteiger partial charge in [0.15, 0.2) is 0 Å². The van der Waals surface area contributed by atoms with Crippen molar-refractivity contribution in [1.29, 1.82) is 0 Å². The SMILES string of the molecule is CC(=O)N1CCN(S(=O)(=O)c2ccc(C(=O)NCCNC(=O)C3CCCC3)cc2)CC1. The Labute approximate surface area is 183 Å². The van der Waals surface area contributed by atoms with Crippen molar-refractivity contribution < 1.29 is 22.8 Å². The van der Waals surface area contributed by atoms with Gasteiger partial charge in [-0.05, 0) is 37.1 Å². The number of piperazine rings is 1. The first-order valence-corrected chi connectivity index (χ1v) is 12.1. The summed E-state index contributed by atoms with van der Waals surface area (Å²) in [5.74, 6) is -0.249. The summed E-state index contributed by atoms with van der Waals surface area (Å²) in [4.78, 5) is 37.4. The summed E-state index contributed by atoms with van der Waals surface area (Å²) in [7, 11) is -3.68. The summed E-state index contributed by atoms with van der Waals surface area (Å²) < 4.78 is 27.0. The van der Waals surface area contributed by atoms with Crippen molar-refractivity contribution >= 4 is 27.7 Å². The normalized spacial score (nSPS) is 18.0. The molecule has 0 bridgehead atoms. The molecule has 3 amide bonds. The molecule has 0 radical (unpaired) electrons. The Morgan fingerprint density at radius 2 is 1.52 bits per heavy atom. The first-order chi connectivity index (χ1) is 14.8. The molecule has 1 aromatic carbocycles. The third-order valence-corrected chi connectivity index (χ3v) is 7.79. The van der Waals surface area contributed by atoms with Crippen molar-refractivity contribution in [2.45, 2.75) is 37.5 Å². The predicted octanol–water partition coefficient (Wildman–Crippen LogP) is 0.576. The zero-order valence-electron chi connectivity index (χ0n) is 17.8. The fourth-order valence-electron chi connectivity index (χ4n) is 3.97. The third kappa shape index (κ3) is 5.82. The molecule has 0 atom stereocenters. The summed E-state index contributed by atoms with van der Waals surface area (Å²) in [6.45, 7) is 3.36. The lowest BCUT2D eigenvalue weighted by Crippen LogP contribution is -2.49. The smallest absolute Gasteiger partial charge is 0.251 e. The Kier molecular flexibility index (Phi) is 7.66. The van der Waals surface area contributed by atoms with Crippen LogP contribution in [0.25, 0.3) is 0 Å². The number of nitrogens with zero attached hydrogens (tertiary/aromatic N) is 2. The summed E-state index contributed by atoms with van der Waals surface area (Å²) in [6, 6.07) is 5.79. The van der Waals surface area contributed by atoms with Gasteiger partial charge in [0.25, 0.3) is 5.91 Å². The highest BCUT2D eigenvalue weighted by atomic mass is 32.2. The van der Waals surface area contributed by atoms with E-state index in [4.69, 9.17) is 0 Å². The van der Waals surface area contributed by atoms with Crippen molar-refractivity contribution in [2.24, 2.45) is 5.92 Å². The van der Waals surface area contributed by atoms with Crippen molar-refractivity contribution in [3.63, 3.8) is 0 Å². The lowest BCUT2D eigenvalue weighted by Gasteiger charge is -2.33. The van der Waals surface area contributed by atoms with Crippen LogP contribution in [0.5, 0.6) is 0 Å². The van der Waals surface area contributed by atoms with Gasteiger partial charge in [-0.3, -0.25) is 14.4 Å². The minimum absolute atomic E-state index is 0.0467. The largest absolute Gasteiger partial charge is 0.354 e. The minimum Gasteiger partial charge on any atom is -0.354 e. The second-order valence-corrected chi connectivity index (χ2v) is 9.90. The molecule has 2 fully saturated rings. The quantitative estimate of drug-likeness (QED) is 0.590. The molecule has 10 heteroatoms. The maximum atomic E-state index is 12.8. The number of carbonyl (C=O) groups is 3. The zero-order chi connectivity index (χ0) is 22.4. The number of amides is 3. The van der Waals surface area contributed by atoms with E-state index in [1.807, 2.05) is 0 Å². The number of nitrogens with one attached hydrogen (secondary N) is 2. The van der Waals surface area contributed by atoms with E-state index in [2.05, 4.69) is 10.6 Å². The molecule has 2 N–H and O–H groups in total. The minimum atomic E-state index is -3.68. The van der Waals surface area contributed by atoms with E-state index < -0.39 is 10.0 Å². The van der Waals surface area contributed by atoms with E-state index in [-0.39, 0.29) is 41.6 Å². The molecule has 1 heterocycles. The Bertz CT molecular complexity index is 902. The summed E-state index contributed by atoms with van der Waals surface area (Å²) in [6.07, 6.45) is 4.05. The topological polar surface area (TPSA) is 116 Å². The predicted molar refractivity (Wildman–Crippen MR) is 115 cm³/mol. The lowest BCUT2D eigenvalue weighted by molar-refractivity contribution is -0.130. The van der Waals surface area contributed by atoms with Crippen LogP contribution in [0.2, 0.25) is 0 Å². The molecule has 3 rings (SSSR count). The molecular formula is C21H30N4O5S. The molecule has 1 aliphatic carbocycles. The average Bonchev–Trinajstić information content (AvgIpc) is 3.31. The van der Waals surface area contributed by atoms with Crippen LogP contribution < -0.4 is 10.6 Å². The van der Waals surface area contributed by atoms with Gasteiger partial charge in [0.2, 0.25) is 21.8 Å². The summed E-state index contributed by atoms with van der Waals surface area (Å²) in [5, 5.41) is 5.57. The lowest BCUT2D eigenvalue weighted by atomic mass is 10.1. The van der Waals surface area contributed by atoms with Crippen LogP contribution in [0.15, 0.2) is 29.2 Å². The van der Waals surface area contributed by atoms with Gasteiger partial charge in [-0.1, -0.05) is 12.8 Å². The fourth-order valence-corrected chi connectivity index (χ4v) is 5.39. The van der Waals surface area contributed by atoms with Crippen molar-refractivity contribution in [3.05, 3.63) is 29.8 Å². The Morgan fingerprint density at radius 3 is 2.10 bits per heavy atom. The first-order valence-electron chi connectivity index (χ1n) is 10.7. The van der Waals surface area contributed by atoms with Gasteiger partial charge in [-0.25, -0.2) is 8.42 Å². The maximum absolute atomic E-state index is 12.8. The van der Waals surface area contributed by atoms with Gasteiger partial charge in [0, 0.05) is 57.7 Å². The number of carbonyl (C=O) groups excluding carboxylic acids is 3. The highest BCUT2D eigenvalue weighted by molar-refractivity contribution is 7.89. The maximum Gasteiger partial charge on any atom is 0.251 e. The zero-order valence-corrected chi connectivity index (χ0v) is 18.6. The number of rotatable bonds is 7. The van der Waals surface area contributed by atoms with E-state index in [0.29, 0.717) is 31.7 Å². The van der Waals surface area contributed by atoms with Gasteiger partial charge >= 0.3 is 0 Å². The van der Waals surface area contributed by atoms with Crippen LogP contribution >= 0.6 is 0 Å². The third-order valence-electron chi connectivity index (χ3n) is 5.87. The van der Waals surface area contributed by atoms with Crippen molar-refractivity contribution in [3.8, 4) is 0 Å². The molecular weight excluding hydrogens is 420 g/mol. The van der Waals surface area contributed by atoms with Gasteiger partial charge < -0.3 is 15.5 Å². The fraction of sp³-hybridized carbons (Fsp3) is 0.571.